The van der Waals surface area contributed by atoms with Crippen LogP contribution in [0.3, 0.4) is 0 Å². The van der Waals surface area contributed by atoms with Crippen LogP contribution in [-0.4, -0.2) is 26.5 Å². The van der Waals surface area contributed by atoms with Crippen LogP contribution >= 0.6 is 0 Å². The lowest BCUT2D eigenvalue weighted by Gasteiger charge is -2.04. The molecule has 0 saturated heterocycles. The van der Waals surface area contributed by atoms with Gasteiger partial charge >= 0.3 is 0 Å². The first-order valence-electron chi connectivity index (χ1n) is 7.72. The summed E-state index contributed by atoms with van der Waals surface area (Å²) in [6.07, 6.45) is 3.81. The van der Waals surface area contributed by atoms with Crippen LogP contribution in [-0.2, 0) is 4.79 Å². The lowest BCUT2D eigenvalue weighted by atomic mass is 10.1. The van der Waals surface area contributed by atoms with E-state index in [0.29, 0.717) is 0 Å². The lowest BCUT2D eigenvalue weighted by molar-refractivity contribution is -0.114. The molecule has 4 heterocycles. The smallest absolute Gasteiger partial charge is 0.221 e. The maximum Gasteiger partial charge on any atom is 0.221 e. The van der Waals surface area contributed by atoms with Crippen LogP contribution in [0.25, 0.3) is 27.7 Å². The summed E-state index contributed by atoms with van der Waals surface area (Å²) in [5.74, 6) is -0.0957. The van der Waals surface area contributed by atoms with E-state index in [-0.39, 0.29) is 11.9 Å². The van der Waals surface area contributed by atoms with E-state index < -0.39 is 0 Å². The zero-order valence-corrected chi connectivity index (χ0v) is 12.9. The zero-order chi connectivity index (χ0) is 16.3. The molecule has 1 atom stereocenters. The number of hydrogen-bond donors (Lipinski definition) is 1. The highest BCUT2D eigenvalue weighted by molar-refractivity contribution is 5.99. The lowest BCUT2D eigenvalue weighted by Crippen LogP contribution is -2.06. The molecule has 6 nitrogen and oxygen atoms in total. The van der Waals surface area contributed by atoms with Crippen LogP contribution in [0.15, 0.2) is 47.6 Å². The molecular formula is C18H13N5O. The average Bonchev–Trinajstić information content (AvgIpc) is 3.35. The molecule has 1 N–H and O–H groups in total. The monoisotopic (exact) mass is 315 g/mol. The summed E-state index contributed by atoms with van der Waals surface area (Å²) < 4.78 is 2.01. The molecule has 116 valence electrons. The van der Waals surface area contributed by atoms with E-state index in [1.54, 1.807) is 0 Å². The van der Waals surface area contributed by atoms with Crippen LogP contribution in [0.5, 0.6) is 0 Å². The number of pyridine rings is 1. The molecule has 0 fully saturated rings. The maximum absolute atomic E-state index is 11.3. The van der Waals surface area contributed by atoms with Crippen LogP contribution < -0.4 is 5.32 Å². The second kappa shape index (κ2) is 4.61. The quantitative estimate of drug-likeness (QED) is 0.618. The van der Waals surface area contributed by atoms with Crippen LogP contribution in [0, 0.1) is 0 Å². The average molecular weight is 315 g/mol. The van der Waals surface area contributed by atoms with Crippen LogP contribution in [0.2, 0.25) is 0 Å². The molecule has 0 spiro atoms. The number of nitrogens with zero attached hydrogens (tertiary/aromatic N) is 4. The Labute approximate surface area is 136 Å². The third-order valence-electron chi connectivity index (χ3n) is 4.18. The van der Waals surface area contributed by atoms with Gasteiger partial charge in [-0.05, 0) is 24.3 Å². The Morgan fingerprint density at radius 3 is 2.62 bits per heavy atom. The molecule has 0 saturated carbocycles. The molecule has 5 rings (SSSR count). The number of anilines is 1. The van der Waals surface area contributed by atoms with Crippen molar-refractivity contribution in [3.63, 3.8) is 0 Å². The van der Waals surface area contributed by atoms with Crippen molar-refractivity contribution in [1.29, 1.82) is 0 Å². The summed E-state index contributed by atoms with van der Waals surface area (Å²) in [7, 11) is 0. The number of para-hydroxylation sites is 2. The Morgan fingerprint density at radius 1 is 1.17 bits per heavy atom. The second-order valence-electron chi connectivity index (χ2n) is 5.89. The first-order valence-corrected chi connectivity index (χ1v) is 7.72. The normalized spacial score (nSPS) is 16.1. The molecule has 6 heteroatoms. The highest BCUT2D eigenvalue weighted by atomic mass is 16.1. The van der Waals surface area contributed by atoms with Gasteiger partial charge in [0, 0.05) is 30.6 Å². The van der Waals surface area contributed by atoms with Crippen molar-refractivity contribution in [2.75, 3.05) is 5.32 Å². The fourth-order valence-electron chi connectivity index (χ4n) is 3.12. The van der Waals surface area contributed by atoms with Gasteiger partial charge in [0.2, 0.25) is 5.91 Å². The van der Waals surface area contributed by atoms with E-state index in [9.17, 15) is 4.79 Å². The van der Waals surface area contributed by atoms with Crippen LogP contribution in [0.4, 0.5) is 5.69 Å². The number of aromatic nitrogens is 3. The Morgan fingerprint density at radius 2 is 1.92 bits per heavy atom. The minimum absolute atomic E-state index is 0.0422. The topological polar surface area (TPSA) is 71.7 Å². The molecule has 1 aliphatic rings. The van der Waals surface area contributed by atoms with Gasteiger partial charge in [0.15, 0.2) is 5.65 Å². The van der Waals surface area contributed by atoms with Crippen molar-refractivity contribution >= 4 is 45.5 Å². The summed E-state index contributed by atoms with van der Waals surface area (Å²) in [5.41, 5.74) is 6.15. The molecule has 4 aromatic rings. The zero-order valence-electron chi connectivity index (χ0n) is 12.9. The number of aliphatic imine (C=N–C) groups is 1. The number of nitrogens with one attached hydrogen (secondary N) is 1. The SMILES string of the molecule is CC(=O)Nc1ccn2c(c1)c(C1C=N1)c1nc3ccccc3nc12. The minimum Gasteiger partial charge on any atom is -0.326 e. The fourth-order valence-corrected chi connectivity index (χ4v) is 3.12. The van der Waals surface area contributed by atoms with E-state index in [2.05, 4.69) is 10.3 Å². The molecular weight excluding hydrogens is 302 g/mol. The minimum atomic E-state index is -0.0957. The fraction of sp³-hybridized carbons (Fsp3) is 0.111. The van der Waals surface area contributed by atoms with Crippen LogP contribution in [0.1, 0.15) is 18.5 Å². The van der Waals surface area contributed by atoms with E-state index in [1.807, 2.05) is 53.2 Å². The van der Waals surface area contributed by atoms with Gasteiger partial charge in [0.1, 0.15) is 11.6 Å². The van der Waals surface area contributed by atoms with E-state index in [1.165, 1.54) is 6.92 Å². The van der Waals surface area contributed by atoms with Crippen molar-refractivity contribution in [3.05, 3.63) is 48.2 Å². The molecule has 0 bridgehead atoms. The second-order valence-corrected chi connectivity index (χ2v) is 5.89. The number of carbonyl (C=O) groups excluding carboxylic acids is 1. The molecule has 1 aliphatic heterocycles. The number of fused-ring (bicyclic) bond motifs is 4. The largest absolute Gasteiger partial charge is 0.326 e. The Hall–Kier alpha value is -3.28. The molecule has 24 heavy (non-hydrogen) atoms. The van der Waals surface area contributed by atoms with Crippen molar-refractivity contribution in [2.24, 2.45) is 4.99 Å². The third kappa shape index (κ3) is 1.89. The first kappa shape index (κ1) is 13.2. The predicted octanol–water partition coefficient (Wildman–Crippen LogP) is 3.12. The van der Waals surface area contributed by atoms with E-state index in [0.717, 1.165) is 39.0 Å². The summed E-state index contributed by atoms with van der Waals surface area (Å²) >= 11 is 0. The summed E-state index contributed by atoms with van der Waals surface area (Å²) in [5, 5.41) is 2.83. The Balaban J connectivity index is 1.88. The highest BCUT2D eigenvalue weighted by Crippen LogP contribution is 2.36. The molecule has 1 amide bonds. The van der Waals surface area contributed by atoms with E-state index in [4.69, 9.17) is 9.97 Å². The standard InChI is InChI=1S/C18H13N5O/c1-10(24)20-11-6-7-23-15(8-11)16(14-9-19-14)17-18(23)22-13-5-3-2-4-12(13)21-17/h2-9,14H,1H3,(H,20,24). The summed E-state index contributed by atoms with van der Waals surface area (Å²) in [4.78, 5) is 25.3. The first-order chi connectivity index (χ1) is 11.7. The van der Waals surface area contributed by atoms with Gasteiger partial charge in [-0.1, -0.05) is 12.1 Å². The number of amides is 1. The predicted molar refractivity (Wildman–Crippen MR) is 93.5 cm³/mol. The molecule has 0 aliphatic carbocycles. The molecule has 3 aromatic heterocycles. The van der Waals surface area contributed by atoms with Gasteiger partial charge in [0.05, 0.1) is 16.6 Å². The van der Waals surface area contributed by atoms with Gasteiger partial charge in [-0.15, -0.1) is 0 Å². The van der Waals surface area contributed by atoms with Gasteiger partial charge in [-0.25, -0.2) is 9.97 Å². The summed E-state index contributed by atoms with van der Waals surface area (Å²) in [6, 6.07) is 11.7. The summed E-state index contributed by atoms with van der Waals surface area (Å²) in [6.45, 7) is 1.50. The number of hydrogen-bond acceptors (Lipinski definition) is 4. The number of rotatable bonds is 2. The Kier molecular flexibility index (Phi) is 2.53. The van der Waals surface area contributed by atoms with Crippen molar-refractivity contribution in [1.82, 2.24) is 14.4 Å². The van der Waals surface area contributed by atoms with Gasteiger partial charge in [-0.2, -0.15) is 0 Å². The highest BCUT2D eigenvalue weighted by Gasteiger charge is 2.26. The third-order valence-corrected chi connectivity index (χ3v) is 4.18. The number of carbonyl (C=O) groups is 1. The maximum atomic E-state index is 11.3. The van der Waals surface area contributed by atoms with Gasteiger partial charge < -0.3 is 5.32 Å². The Bertz CT molecular complexity index is 1170. The van der Waals surface area contributed by atoms with Gasteiger partial charge in [0.25, 0.3) is 0 Å². The van der Waals surface area contributed by atoms with Crippen molar-refractivity contribution < 1.29 is 4.79 Å². The van der Waals surface area contributed by atoms with Gasteiger partial charge in [-0.3, -0.25) is 14.2 Å². The molecule has 1 unspecified atom stereocenters. The molecule has 0 radical (unpaired) electrons. The van der Waals surface area contributed by atoms with Crippen molar-refractivity contribution in [2.45, 2.75) is 13.0 Å². The number of benzene rings is 1. The molecule has 1 aromatic carbocycles. The van der Waals surface area contributed by atoms with E-state index >= 15 is 0 Å². The van der Waals surface area contributed by atoms with Crippen molar-refractivity contribution in [3.8, 4) is 0 Å².